The summed E-state index contributed by atoms with van der Waals surface area (Å²) in [5.41, 5.74) is -0.504. The summed E-state index contributed by atoms with van der Waals surface area (Å²) >= 11 is 0. The summed E-state index contributed by atoms with van der Waals surface area (Å²) in [6, 6.07) is 4.83. The van der Waals surface area contributed by atoms with Crippen LogP contribution in [-0.4, -0.2) is 65.6 Å². The van der Waals surface area contributed by atoms with Crippen molar-refractivity contribution in [3.63, 3.8) is 0 Å². The highest BCUT2D eigenvalue weighted by atomic mass is 35.5. The maximum Gasteiger partial charge on any atom is 0.416 e. The molecule has 154 valence electrons. The van der Waals surface area contributed by atoms with E-state index in [2.05, 4.69) is 20.4 Å². The molecule has 1 aromatic heterocycles. The minimum atomic E-state index is -4.42. The molecule has 2 heterocycles. The minimum Gasteiger partial charge on any atom is -0.339 e. The Morgan fingerprint density at radius 1 is 1.25 bits per heavy atom. The van der Waals surface area contributed by atoms with Crippen LogP contribution in [0.25, 0.3) is 11.4 Å². The molecule has 0 bridgehead atoms. The monoisotopic (exact) mass is 419 g/mol. The van der Waals surface area contributed by atoms with E-state index >= 15 is 0 Å². The lowest BCUT2D eigenvalue weighted by molar-refractivity contribution is -0.137. The molecular weight excluding hydrogens is 399 g/mol. The van der Waals surface area contributed by atoms with Gasteiger partial charge in [0.25, 0.3) is 0 Å². The lowest BCUT2D eigenvalue weighted by Crippen LogP contribution is -2.50. The maximum atomic E-state index is 12.8. The molecule has 1 fully saturated rings. The van der Waals surface area contributed by atoms with E-state index in [-0.39, 0.29) is 29.7 Å². The molecule has 1 aromatic carbocycles. The Bertz CT molecular complexity index is 791. The molecule has 7 nitrogen and oxygen atoms in total. The van der Waals surface area contributed by atoms with Gasteiger partial charge in [0.15, 0.2) is 0 Å². The SMILES string of the molecule is CNCC(=O)N1CCN(Cc2nc(-c3cccc(C(F)(F)F)c3)no2)CC1.Cl. The average Bonchev–Trinajstić information content (AvgIpc) is 3.10. The van der Waals surface area contributed by atoms with Crippen molar-refractivity contribution >= 4 is 18.3 Å². The molecule has 0 saturated carbocycles. The number of aromatic nitrogens is 2. The molecule has 11 heteroatoms. The molecule has 2 aromatic rings. The number of amides is 1. The van der Waals surface area contributed by atoms with Crippen LogP contribution < -0.4 is 5.32 Å². The van der Waals surface area contributed by atoms with Crippen molar-refractivity contribution < 1.29 is 22.5 Å². The van der Waals surface area contributed by atoms with Gasteiger partial charge < -0.3 is 14.7 Å². The molecule has 0 radical (unpaired) electrons. The number of rotatable bonds is 5. The predicted molar refractivity (Wildman–Crippen MR) is 97.8 cm³/mol. The second kappa shape index (κ2) is 9.35. The van der Waals surface area contributed by atoms with E-state index < -0.39 is 11.7 Å². The van der Waals surface area contributed by atoms with Crippen molar-refractivity contribution in [1.82, 2.24) is 25.3 Å². The zero-order chi connectivity index (χ0) is 19.4. The Kier molecular flexibility index (Phi) is 7.39. The molecule has 3 rings (SSSR count). The van der Waals surface area contributed by atoms with Gasteiger partial charge in [-0.3, -0.25) is 9.69 Å². The standard InChI is InChI=1S/C17H20F3N5O2.ClH/c1-21-10-15(26)25-7-5-24(6-8-25)11-14-22-16(23-27-14)12-3-2-4-13(9-12)17(18,19)20;/h2-4,9,21H,5-8,10-11H2,1H3;1H. The number of hydrogen-bond acceptors (Lipinski definition) is 6. The summed E-state index contributed by atoms with van der Waals surface area (Å²) in [5.74, 6) is 0.512. The third-order valence-electron chi connectivity index (χ3n) is 4.33. The van der Waals surface area contributed by atoms with Crippen LogP contribution in [0.4, 0.5) is 13.2 Å². The van der Waals surface area contributed by atoms with Crippen molar-refractivity contribution in [3.05, 3.63) is 35.7 Å². The molecule has 1 amide bonds. The van der Waals surface area contributed by atoms with Crippen molar-refractivity contribution in [3.8, 4) is 11.4 Å². The molecule has 0 unspecified atom stereocenters. The normalized spacial score (nSPS) is 15.4. The fourth-order valence-corrected chi connectivity index (χ4v) is 2.88. The first kappa shape index (κ1) is 22.1. The zero-order valence-corrected chi connectivity index (χ0v) is 16.0. The number of alkyl halides is 3. The van der Waals surface area contributed by atoms with Crippen molar-refractivity contribution in [2.45, 2.75) is 12.7 Å². The molecule has 28 heavy (non-hydrogen) atoms. The van der Waals surface area contributed by atoms with Gasteiger partial charge in [-0.05, 0) is 19.2 Å². The minimum absolute atomic E-state index is 0. The zero-order valence-electron chi connectivity index (χ0n) is 15.2. The first-order chi connectivity index (χ1) is 12.9. The lowest BCUT2D eigenvalue weighted by Gasteiger charge is -2.33. The van der Waals surface area contributed by atoms with Crippen LogP contribution in [0.15, 0.2) is 28.8 Å². The molecule has 1 aliphatic rings. The second-order valence-corrected chi connectivity index (χ2v) is 6.28. The quantitative estimate of drug-likeness (QED) is 0.799. The number of benzene rings is 1. The third-order valence-corrected chi connectivity index (χ3v) is 4.33. The van der Waals surface area contributed by atoms with Gasteiger partial charge in [-0.1, -0.05) is 17.3 Å². The van der Waals surface area contributed by atoms with Crippen LogP contribution in [0, 0.1) is 0 Å². The van der Waals surface area contributed by atoms with Crippen LogP contribution in [0.1, 0.15) is 11.5 Å². The molecule has 0 atom stereocenters. The van der Waals surface area contributed by atoms with Gasteiger partial charge in [0.1, 0.15) is 0 Å². The number of halogens is 4. The first-order valence-corrected chi connectivity index (χ1v) is 8.52. The second-order valence-electron chi connectivity index (χ2n) is 6.28. The number of carbonyl (C=O) groups is 1. The molecule has 0 aliphatic carbocycles. The largest absolute Gasteiger partial charge is 0.416 e. The predicted octanol–water partition coefficient (Wildman–Crippen LogP) is 2.04. The Hall–Kier alpha value is -2.17. The first-order valence-electron chi connectivity index (χ1n) is 8.52. The molecule has 1 saturated heterocycles. The highest BCUT2D eigenvalue weighted by molar-refractivity contribution is 5.85. The average molecular weight is 420 g/mol. The van der Waals surface area contributed by atoms with Gasteiger partial charge in [0.05, 0.1) is 18.7 Å². The molecule has 1 N–H and O–H groups in total. The number of carbonyl (C=O) groups excluding carboxylic acids is 1. The lowest BCUT2D eigenvalue weighted by atomic mass is 10.1. The fraction of sp³-hybridized carbons (Fsp3) is 0.471. The van der Waals surface area contributed by atoms with E-state index in [1.54, 1.807) is 11.9 Å². The molecule has 1 aliphatic heterocycles. The smallest absolute Gasteiger partial charge is 0.339 e. The Morgan fingerprint density at radius 2 is 1.96 bits per heavy atom. The maximum absolute atomic E-state index is 12.8. The summed E-state index contributed by atoms with van der Waals surface area (Å²) in [7, 11) is 1.73. The van der Waals surface area contributed by atoms with Gasteiger partial charge in [0, 0.05) is 31.7 Å². The summed E-state index contributed by atoms with van der Waals surface area (Å²) in [6.07, 6.45) is -4.42. The van der Waals surface area contributed by atoms with Crippen LogP contribution in [0.5, 0.6) is 0 Å². The van der Waals surface area contributed by atoms with Crippen LogP contribution in [0.2, 0.25) is 0 Å². The van der Waals surface area contributed by atoms with Crippen molar-refractivity contribution in [2.75, 3.05) is 39.8 Å². The summed E-state index contributed by atoms with van der Waals surface area (Å²) in [4.78, 5) is 19.9. The van der Waals surface area contributed by atoms with E-state index in [9.17, 15) is 18.0 Å². The van der Waals surface area contributed by atoms with Gasteiger partial charge in [-0.15, -0.1) is 12.4 Å². The highest BCUT2D eigenvalue weighted by Crippen LogP contribution is 2.31. The Balaban J connectivity index is 0.00000280. The summed E-state index contributed by atoms with van der Waals surface area (Å²) < 4.78 is 43.7. The summed E-state index contributed by atoms with van der Waals surface area (Å²) in [5, 5.41) is 6.63. The van der Waals surface area contributed by atoms with Gasteiger partial charge >= 0.3 is 6.18 Å². The number of hydrogen-bond donors (Lipinski definition) is 1. The topological polar surface area (TPSA) is 74.5 Å². The van der Waals surface area contributed by atoms with Gasteiger partial charge in [-0.2, -0.15) is 18.2 Å². The van der Waals surface area contributed by atoms with E-state index in [0.29, 0.717) is 45.2 Å². The number of nitrogens with zero attached hydrogens (tertiary/aromatic N) is 4. The highest BCUT2D eigenvalue weighted by Gasteiger charge is 2.31. The molecular formula is C17H21ClF3N5O2. The third kappa shape index (κ3) is 5.43. The fourth-order valence-electron chi connectivity index (χ4n) is 2.88. The van der Waals surface area contributed by atoms with E-state index in [4.69, 9.17) is 4.52 Å². The van der Waals surface area contributed by atoms with Crippen LogP contribution >= 0.6 is 12.4 Å². The Morgan fingerprint density at radius 3 is 2.61 bits per heavy atom. The van der Waals surface area contributed by atoms with Crippen molar-refractivity contribution in [2.24, 2.45) is 0 Å². The van der Waals surface area contributed by atoms with Gasteiger partial charge in [-0.25, -0.2) is 0 Å². The van der Waals surface area contributed by atoms with Gasteiger partial charge in [0.2, 0.25) is 17.6 Å². The van der Waals surface area contributed by atoms with Crippen molar-refractivity contribution in [1.29, 1.82) is 0 Å². The number of likely N-dealkylation sites (N-methyl/N-ethyl adjacent to an activating group) is 1. The summed E-state index contributed by atoms with van der Waals surface area (Å²) in [6.45, 7) is 3.24. The number of nitrogens with one attached hydrogen (secondary N) is 1. The van der Waals surface area contributed by atoms with E-state index in [0.717, 1.165) is 12.1 Å². The Labute approximate surface area is 166 Å². The molecule has 0 spiro atoms. The van der Waals surface area contributed by atoms with Crippen LogP contribution in [-0.2, 0) is 17.5 Å². The number of piperazine rings is 1. The van der Waals surface area contributed by atoms with E-state index in [1.807, 2.05) is 0 Å². The van der Waals surface area contributed by atoms with E-state index in [1.165, 1.54) is 12.1 Å². The van der Waals surface area contributed by atoms with Crippen LogP contribution in [0.3, 0.4) is 0 Å².